The molecule has 38 heavy (non-hydrogen) atoms. The van der Waals surface area contributed by atoms with E-state index in [0.29, 0.717) is 19.5 Å². The van der Waals surface area contributed by atoms with Crippen LogP contribution >= 0.6 is 15.9 Å². The summed E-state index contributed by atoms with van der Waals surface area (Å²) < 4.78 is 32.0. The molecule has 0 bridgehead atoms. The number of halogens is 1. The normalized spacial score (nSPS) is 21.9. The van der Waals surface area contributed by atoms with Crippen molar-refractivity contribution in [1.82, 2.24) is 19.6 Å². The van der Waals surface area contributed by atoms with E-state index in [1.807, 2.05) is 41.7 Å². The van der Waals surface area contributed by atoms with Crippen LogP contribution < -0.4 is 10.2 Å². The Morgan fingerprint density at radius 2 is 1.87 bits per heavy atom. The number of rotatable bonds is 7. The lowest BCUT2D eigenvalue weighted by atomic mass is 9.78. The van der Waals surface area contributed by atoms with Gasteiger partial charge in [0, 0.05) is 29.3 Å². The maximum atomic E-state index is 14.6. The van der Waals surface area contributed by atoms with Crippen LogP contribution in [0.3, 0.4) is 0 Å². The number of imidazole rings is 1. The summed E-state index contributed by atoms with van der Waals surface area (Å²) in [4.78, 5) is 9.87. The summed E-state index contributed by atoms with van der Waals surface area (Å²) in [6.07, 6.45) is 5.92. The molecule has 2 unspecified atom stereocenters. The van der Waals surface area contributed by atoms with E-state index >= 15 is 0 Å². The Morgan fingerprint density at radius 1 is 1.13 bits per heavy atom. The molecule has 7 nitrogen and oxygen atoms in total. The van der Waals surface area contributed by atoms with Crippen LogP contribution in [0.1, 0.15) is 56.5 Å². The number of anilines is 1. The molecule has 1 fully saturated rings. The van der Waals surface area contributed by atoms with Gasteiger partial charge in [0.2, 0.25) is 10.0 Å². The molecule has 0 aliphatic carbocycles. The van der Waals surface area contributed by atoms with Gasteiger partial charge in [0.25, 0.3) is 0 Å². The van der Waals surface area contributed by atoms with Gasteiger partial charge in [-0.1, -0.05) is 53.2 Å². The van der Waals surface area contributed by atoms with E-state index in [-0.39, 0.29) is 17.5 Å². The average Bonchev–Trinajstić information content (AvgIpc) is 3.40. The molecule has 3 atom stereocenters. The molecule has 5 rings (SSSR count). The van der Waals surface area contributed by atoms with E-state index in [4.69, 9.17) is 0 Å². The number of hydrogen-bond acceptors (Lipinski definition) is 5. The lowest BCUT2D eigenvalue weighted by Gasteiger charge is -2.42. The monoisotopic (exact) mass is 599 g/mol. The van der Waals surface area contributed by atoms with E-state index in [1.165, 1.54) is 0 Å². The Morgan fingerprint density at radius 3 is 2.55 bits per heavy atom. The molecule has 3 aromatic rings. The minimum Gasteiger partial charge on any atom is -0.361 e. The highest BCUT2D eigenvalue weighted by atomic mass is 79.9. The second-order valence-corrected chi connectivity index (χ2v) is 14.2. The third-order valence-electron chi connectivity index (χ3n) is 8.74. The summed E-state index contributed by atoms with van der Waals surface area (Å²) in [5, 5.41) is 2.92. The maximum absolute atomic E-state index is 14.6. The van der Waals surface area contributed by atoms with Crippen molar-refractivity contribution < 1.29 is 8.42 Å². The highest BCUT2D eigenvalue weighted by Gasteiger charge is 2.46. The molecule has 2 aliphatic heterocycles. The number of benzene rings is 2. The minimum absolute atomic E-state index is 0.00212. The standard InChI is InChI=1S/C29H38BrN5O2S/c1-21(27-17-32-20-33-27)34-19-26(15-23-7-5-4-6-8-23)35(18-24-16-25(30)9-10-28(24)34)38(36,37)22(2)29(3)11-13-31-14-12-29/h4-10,16-17,20-22,26,31H,11-15,18-19H2,1-3H3,(H,32,33)/t21?,22?,26-/m1/s1. The van der Waals surface area contributed by atoms with Crippen molar-refractivity contribution in [2.75, 3.05) is 24.5 Å². The SMILES string of the molecule is CC(c1cnc[nH]1)N1C[C@@H](Cc2ccccc2)N(S(=O)(=O)C(C)C2(C)CCNCC2)Cc2cc(Br)ccc21. The smallest absolute Gasteiger partial charge is 0.217 e. The first-order valence-corrected chi connectivity index (χ1v) is 15.8. The maximum Gasteiger partial charge on any atom is 0.217 e. The van der Waals surface area contributed by atoms with Gasteiger partial charge in [0.05, 0.1) is 29.5 Å². The molecule has 2 N–H and O–H groups in total. The number of hydrogen-bond donors (Lipinski definition) is 2. The van der Waals surface area contributed by atoms with E-state index in [0.717, 1.165) is 52.9 Å². The summed E-state index contributed by atoms with van der Waals surface area (Å²) in [5.41, 5.74) is 3.94. The average molecular weight is 601 g/mol. The van der Waals surface area contributed by atoms with Crippen LogP contribution in [0.25, 0.3) is 0 Å². The lowest BCUT2D eigenvalue weighted by Crippen LogP contribution is -2.53. The van der Waals surface area contributed by atoms with Crippen molar-refractivity contribution in [3.8, 4) is 0 Å². The van der Waals surface area contributed by atoms with Crippen LogP contribution in [0, 0.1) is 5.41 Å². The molecule has 1 aromatic heterocycles. The molecule has 9 heteroatoms. The second-order valence-electron chi connectivity index (χ2n) is 11.1. The molecular weight excluding hydrogens is 562 g/mol. The topological polar surface area (TPSA) is 81.3 Å². The first-order chi connectivity index (χ1) is 18.2. The van der Waals surface area contributed by atoms with Gasteiger partial charge in [-0.3, -0.25) is 0 Å². The number of sulfonamides is 1. The number of aromatic amines is 1. The van der Waals surface area contributed by atoms with Gasteiger partial charge in [-0.25, -0.2) is 13.4 Å². The van der Waals surface area contributed by atoms with Gasteiger partial charge in [-0.2, -0.15) is 4.31 Å². The van der Waals surface area contributed by atoms with Crippen molar-refractivity contribution in [1.29, 1.82) is 0 Å². The van der Waals surface area contributed by atoms with Crippen molar-refractivity contribution in [2.45, 2.75) is 63.9 Å². The summed E-state index contributed by atoms with van der Waals surface area (Å²) in [7, 11) is -3.63. The largest absolute Gasteiger partial charge is 0.361 e. The third kappa shape index (κ3) is 5.43. The van der Waals surface area contributed by atoms with E-state index in [9.17, 15) is 8.42 Å². The summed E-state index contributed by atoms with van der Waals surface area (Å²) in [6.45, 7) is 8.87. The van der Waals surface area contributed by atoms with Crippen LogP contribution in [-0.4, -0.2) is 53.6 Å². The van der Waals surface area contributed by atoms with E-state index in [2.05, 4.69) is 74.2 Å². The molecule has 1 saturated heterocycles. The van der Waals surface area contributed by atoms with Gasteiger partial charge in [0.1, 0.15) is 0 Å². The number of fused-ring (bicyclic) bond motifs is 1. The first kappa shape index (κ1) is 27.4. The molecular formula is C29H38BrN5O2S. The number of nitrogens with zero attached hydrogens (tertiary/aromatic N) is 3. The molecule has 3 heterocycles. The van der Waals surface area contributed by atoms with Crippen LogP contribution in [-0.2, 0) is 23.0 Å². The van der Waals surface area contributed by atoms with Gasteiger partial charge in [-0.15, -0.1) is 0 Å². The van der Waals surface area contributed by atoms with Gasteiger partial charge >= 0.3 is 0 Å². The lowest BCUT2D eigenvalue weighted by molar-refractivity contribution is 0.212. The first-order valence-electron chi connectivity index (χ1n) is 13.5. The Kier molecular flexibility index (Phi) is 8.01. The van der Waals surface area contributed by atoms with Crippen molar-refractivity contribution in [3.05, 3.63) is 82.3 Å². The predicted octanol–water partition coefficient (Wildman–Crippen LogP) is 5.27. The van der Waals surface area contributed by atoms with Crippen LogP contribution in [0.4, 0.5) is 5.69 Å². The molecule has 0 radical (unpaired) electrons. The van der Waals surface area contributed by atoms with Gasteiger partial charge < -0.3 is 15.2 Å². The number of nitrogens with one attached hydrogen (secondary N) is 2. The predicted molar refractivity (Wildman–Crippen MR) is 157 cm³/mol. The Hall–Kier alpha value is -2.20. The zero-order valence-corrected chi connectivity index (χ0v) is 24.8. The Balaban J connectivity index is 1.60. The van der Waals surface area contributed by atoms with Crippen molar-refractivity contribution >= 4 is 31.6 Å². The molecule has 0 spiro atoms. The van der Waals surface area contributed by atoms with E-state index in [1.54, 1.807) is 6.33 Å². The molecule has 2 aliphatic rings. The zero-order chi connectivity index (χ0) is 26.9. The van der Waals surface area contributed by atoms with E-state index < -0.39 is 15.3 Å². The zero-order valence-electron chi connectivity index (χ0n) is 22.4. The number of H-pyrrole nitrogens is 1. The fourth-order valence-corrected chi connectivity index (χ4v) is 8.67. The summed E-state index contributed by atoms with van der Waals surface area (Å²) >= 11 is 3.64. The van der Waals surface area contributed by atoms with Crippen LogP contribution in [0.15, 0.2) is 65.5 Å². The van der Waals surface area contributed by atoms with Crippen molar-refractivity contribution in [3.63, 3.8) is 0 Å². The molecule has 204 valence electrons. The quantitative estimate of drug-likeness (QED) is 0.386. The third-order valence-corrected chi connectivity index (χ3v) is 11.8. The Bertz CT molecular complexity index is 1330. The van der Waals surface area contributed by atoms with Gasteiger partial charge in [-0.05, 0) is 80.9 Å². The molecule has 2 aromatic carbocycles. The fraction of sp³-hybridized carbons (Fsp3) is 0.483. The Labute approximate surface area is 235 Å². The van der Waals surface area contributed by atoms with Gasteiger partial charge in [0.15, 0.2) is 0 Å². The number of aromatic nitrogens is 2. The van der Waals surface area contributed by atoms with Crippen LogP contribution in [0.2, 0.25) is 0 Å². The highest BCUT2D eigenvalue weighted by molar-refractivity contribution is 9.10. The second kappa shape index (κ2) is 11.1. The van der Waals surface area contributed by atoms with Crippen molar-refractivity contribution in [2.24, 2.45) is 5.41 Å². The molecule has 0 saturated carbocycles. The van der Waals surface area contributed by atoms with Crippen LogP contribution in [0.5, 0.6) is 0 Å². The fourth-order valence-electron chi connectivity index (χ4n) is 6.02. The summed E-state index contributed by atoms with van der Waals surface area (Å²) in [5.74, 6) is 0. The highest BCUT2D eigenvalue weighted by Crippen LogP contribution is 2.41. The molecule has 0 amide bonds. The number of piperidine rings is 1. The minimum atomic E-state index is -3.63. The summed E-state index contributed by atoms with van der Waals surface area (Å²) in [6, 6.07) is 16.3.